The highest BCUT2D eigenvalue weighted by Gasteiger charge is 2.40. The van der Waals surface area contributed by atoms with Crippen LogP contribution in [0.3, 0.4) is 0 Å². The standard InChI is InChI=1S/C21H22FN5O4/c1-11(28)20-16-5-13(14-7-23-12(2)24-8-14)3-4-17(16)27(25-20)10-19(29)26-9-15(22)6-18(26)21(30)31/h3-5,7-8,11,15,18,28H,6,9-10H2,1-2H3,(H,30,31)/t11?,15-,18+/m1/s1. The second-order valence-electron chi connectivity index (χ2n) is 7.70. The van der Waals surface area contributed by atoms with E-state index in [-0.39, 0.29) is 19.5 Å². The van der Waals surface area contributed by atoms with E-state index in [1.54, 1.807) is 32.3 Å². The number of aromatic nitrogens is 4. The third kappa shape index (κ3) is 3.98. The molecule has 3 heterocycles. The van der Waals surface area contributed by atoms with E-state index in [2.05, 4.69) is 15.1 Å². The zero-order valence-corrected chi connectivity index (χ0v) is 17.1. The van der Waals surface area contributed by atoms with Crippen LogP contribution in [-0.2, 0) is 16.1 Å². The zero-order chi connectivity index (χ0) is 22.3. The third-order valence-corrected chi connectivity index (χ3v) is 5.43. The van der Waals surface area contributed by atoms with Crippen LogP contribution in [0.5, 0.6) is 0 Å². The van der Waals surface area contributed by atoms with Crippen LogP contribution >= 0.6 is 0 Å². The van der Waals surface area contributed by atoms with Gasteiger partial charge in [-0.2, -0.15) is 5.10 Å². The molecule has 4 rings (SSSR count). The number of aliphatic hydroxyl groups excluding tert-OH is 1. The van der Waals surface area contributed by atoms with Crippen LogP contribution < -0.4 is 0 Å². The number of carbonyl (C=O) groups is 2. The van der Waals surface area contributed by atoms with Gasteiger partial charge in [0.2, 0.25) is 5.91 Å². The van der Waals surface area contributed by atoms with Crippen molar-refractivity contribution in [1.29, 1.82) is 0 Å². The maximum atomic E-state index is 13.8. The van der Waals surface area contributed by atoms with Gasteiger partial charge < -0.3 is 15.1 Å². The number of amides is 1. The van der Waals surface area contributed by atoms with Gasteiger partial charge in [-0.05, 0) is 31.5 Å². The molecule has 0 aliphatic carbocycles. The second kappa shape index (κ2) is 8.03. The van der Waals surface area contributed by atoms with Crippen LogP contribution in [0.1, 0.15) is 31.0 Å². The van der Waals surface area contributed by atoms with Crippen molar-refractivity contribution in [1.82, 2.24) is 24.6 Å². The molecular formula is C21H22FN5O4. The summed E-state index contributed by atoms with van der Waals surface area (Å²) in [5, 5.41) is 24.5. The molecule has 9 nitrogen and oxygen atoms in total. The minimum atomic E-state index is -1.37. The first-order chi connectivity index (χ1) is 14.7. The lowest BCUT2D eigenvalue weighted by Gasteiger charge is -2.21. The van der Waals surface area contributed by atoms with Crippen LogP contribution in [0.4, 0.5) is 4.39 Å². The number of aliphatic hydroxyl groups is 1. The summed E-state index contributed by atoms with van der Waals surface area (Å²) in [5.41, 5.74) is 2.61. The fraction of sp³-hybridized carbons (Fsp3) is 0.381. The summed E-state index contributed by atoms with van der Waals surface area (Å²) >= 11 is 0. The largest absolute Gasteiger partial charge is 0.480 e. The van der Waals surface area contributed by atoms with Crippen LogP contribution in [0.25, 0.3) is 22.0 Å². The number of carboxylic acid groups (broad SMARTS) is 1. The molecule has 0 radical (unpaired) electrons. The summed E-state index contributed by atoms with van der Waals surface area (Å²) in [7, 11) is 0. The van der Waals surface area contributed by atoms with Crippen LogP contribution in [0, 0.1) is 6.92 Å². The van der Waals surface area contributed by atoms with Gasteiger partial charge in [-0.3, -0.25) is 9.48 Å². The summed E-state index contributed by atoms with van der Waals surface area (Å²) in [6, 6.07) is 4.26. The second-order valence-corrected chi connectivity index (χ2v) is 7.70. The molecule has 1 aromatic carbocycles. The van der Waals surface area contributed by atoms with Crippen LogP contribution in [-0.4, -0.2) is 65.5 Å². The highest BCUT2D eigenvalue weighted by atomic mass is 19.1. The SMILES string of the molecule is Cc1ncc(-c2ccc3c(c2)c(C(C)O)nn3CC(=O)N2C[C@H](F)C[C@H]2C(=O)O)cn1. The van der Waals surface area contributed by atoms with Crippen molar-refractivity contribution in [3.05, 3.63) is 42.1 Å². The van der Waals surface area contributed by atoms with E-state index in [4.69, 9.17) is 0 Å². The third-order valence-electron chi connectivity index (χ3n) is 5.43. The lowest BCUT2D eigenvalue weighted by Crippen LogP contribution is -2.42. The van der Waals surface area contributed by atoms with E-state index in [0.717, 1.165) is 16.0 Å². The molecule has 1 unspecified atom stereocenters. The van der Waals surface area contributed by atoms with Crippen molar-refractivity contribution in [2.75, 3.05) is 6.54 Å². The maximum absolute atomic E-state index is 13.8. The van der Waals surface area contributed by atoms with E-state index in [9.17, 15) is 24.2 Å². The number of nitrogens with zero attached hydrogens (tertiary/aromatic N) is 5. The Labute approximate surface area is 177 Å². The number of hydrogen-bond acceptors (Lipinski definition) is 6. The zero-order valence-electron chi connectivity index (χ0n) is 17.1. The topological polar surface area (TPSA) is 121 Å². The number of likely N-dealkylation sites (tertiary alicyclic amines) is 1. The van der Waals surface area contributed by atoms with Gasteiger partial charge in [-0.15, -0.1) is 0 Å². The predicted octanol–water partition coefficient (Wildman–Crippen LogP) is 1.88. The molecule has 162 valence electrons. The number of carbonyl (C=O) groups excluding carboxylic acids is 1. The van der Waals surface area contributed by atoms with Gasteiger partial charge >= 0.3 is 5.97 Å². The van der Waals surface area contributed by atoms with Gasteiger partial charge in [-0.25, -0.2) is 19.2 Å². The molecule has 10 heteroatoms. The number of aliphatic carboxylic acids is 1. The molecule has 1 amide bonds. The van der Waals surface area contributed by atoms with E-state index in [1.165, 1.54) is 4.68 Å². The Bertz CT molecular complexity index is 1140. The molecule has 0 spiro atoms. The van der Waals surface area contributed by atoms with Crippen molar-refractivity contribution in [2.24, 2.45) is 0 Å². The van der Waals surface area contributed by atoms with E-state index in [1.807, 2.05) is 12.1 Å². The number of alkyl halides is 1. The lowest BCUT2D eigenvalue weighted by molar-refractivity contribution is -0.148. The molecule has 0 bridgehead atoms. The molecule has 1 aliphatic rings. The summed E-state index contributed by atoms with van der Waals surface area (Å²) < 4.78 is 15.2. The van der Waals surface area contributed by atoms with Gasteiger partial charge in [-0.1, -0.05) is 6.07 Å². The number of carboxylic acids is 1. The van der Waals surface area contributed by atoms with Gasteiger partial charge in [0.15, 0.2) is 0 Å². The first-order valence-corrected chi connectivity index (χ1v) is 9.88. The lowest BCUT2D eigenvalue weighted by atomic mass is 10.0. The number of fused-ring (bicyclic) bond motifs is 1. The molecule has 31 heavy (non-hydrogen) atoms. The van der Waals surface area contributed by atoms with Gasteiger partial charge in [0.05, 0.1) is 23.9 Å². The van der Waals surface area contributed by atoms with Gasteiger partial charge in [0.25, 0.3) is 0 Å². The summed E-state index contributed by atoms with van der Waals surface area (Å²) in [6.45, 7) is 2.85. The minimum absolute atomic E-state index is 0.220. The molecule has 2 N–H and O–H groups in total. The first kappa shape index (κ1) is 20.9. The fourth-order valence-corrected chi connectivity index (χ4v) is 3.87. The van der Waals surface area contributed by atoms with Crippen molar-refractivity contribution in [2.45, 2.75) is 45.1 Å². The summed E-state index contributed by atoms with van der Waals surface area (Å²) in [4.78, 5) is 33.6. The molecule has 3 aromatic rings. The van der Waals surface area contributed by atoms with E-state index >= 15 is 0 Å². The van der Waals surface area contributed by atoms with Crippen molar-refractivity contribution < 1.29 is 24.2 Å². The Balaban J connectivity index is 1.69. The van der Waals surface area contributed by atoms with E-state index < -0.39 is 30.2 Å². The predicted molar refractivity (Wildman–Crippen MR) is 109 cm³/mol. The van der Waals surface area contributed by atoms with E-state index in [0.29, 0.717) is 22.4 Å². The quantitative estimate of drug-likeness (QED) is 0.638. The number of aryl methyl sites for hydroxylation is 1. The first-order valence-electron chi connectivity index (χ1n) is 9.88. The van der Waals surface area contributed by atoms with Gasteiger partial charge in [0, 0.05) is 29.8 Å². The normalized spacial score (nSPS) is 19.7. The number of hydrogen-bond donors (Lipinski definition) is 2. The summed E-state index contributed by atoms with van der Waals surface area (Å²) in [5.74, 6) is -1.11. The smallest absolute Gasteiger partial charge is 0.326 e. The van der Waals surface area contributed by atoms with Crippen molar-refractivity contribution in [3.8, 4) is 11.1 Å². The average Bonchev–Trinajstić information content (AvgIpc) is 3.29. The Morgan fingerprint density at radius 3 is 2.61 bits per heavy atom. The van der Waals surface area contributed by atoms with Crippen LogP contribution in [0.2, 0.25) is 0 Å². The molecule has 2 aromatic heterocycles. The molecule has 1 aliphatic heterocycles. The Morgan fingerprint density at radius 2 is 1.97 bits per heavy atom. The monoisotopic (exact) mass is 427 g/mol. The Hall–Kier alpha value is -3.40. The number of halogens is 1. The Morgan fingerprint density at radius 1 is 1.26 bits per heavy atom. The average molecular weight is 427 g/mol. The number of benzene rings is 1. The fourth-order valence-electron chi connectivity index (χ4n) is 3.87. The van der Waals surface area contributed by atoms with Crippen molar-refractivity contribution >= 4 is 22.8 Å². The Kier molecular flexibility index (Phi) is 5.40. The van der Waals surface area contributed by atoms with Crippen molar-refractivity contribution in [3.63, 3.8) is 0 Å². The number of rotatable bonds is 5. The maximum Gasteiger partial charge on any atom is 0.326 e. The molecule has 1 fully saturated rings. The van der Waals surface area contributed by atoms with Crippen LogP contribution in [0.15, 0.2) is 30.6 Å². The van der Waals surface area contributed by atoms with Gasteiger partial charge in [0.1, 0.15) is 24.6 Å². The highest BCUT2D eigenvalue weighted by molar-refractivity contribution is 5.89. The highest BCUT2D eigenvalue weighted by Crippen LogP contribution is 2.29. The molecular weight excluding hydrogens is 405 g/mol. The minimum Gasteiger partial charge on any atom is -0.480 e. The molecule has 3 atom stereocenters. The molecule has 0 saturated carbocycles. The molecule has 1 saturated heterocycles. The summed E-state index contributed by atoms with van der Waals surface area (Å²) in [6.07, 6.45) is 0.921.